The van der Waals surface area contributed by atoms with Gasteiger partial charge in [-0.3, -0.25) is 4.79 Å². The lowest BCUT2D eigenvalue weighted by molar-refractivity contribution is 0.631. The van der Waals surface area contributed by atoms with E-state index in [2.05, 4.69) is 16.5 Å². The SMILES string of the molecule is CCn1ccc2c3c(=O)cc(-c4ccccc4F)[nH]c3ccc21. The molecule has 0 spiro atoms. The highest BCUT2D eigenvalue weighted by Crippen LogP contribution is 2.26. The first-order valence-corrected chi connectivity index (χ1v) is 7.59. The number of aromatic amines is 1. The van der Waals surface area contributed by atoms with E-state index >= 15 is 0 Å². The first kappa shape index (κ1) is 13.8. The maximum absolute atomic E-state index is 14.0. The van der Waals surface area contributed by atoms with Gasteiger partial charge in [0.05, 0.1) is 16.6 Å². The van der Waals surface area contributed by atoms with E-state index < -0.39 is 0 Å². The van der Waals surface area contributed by atoms with Crippen molar-refractivity contribution in [1.29, 1.82) is 0 Å². The van der Waals surface area contributed by atoms with E-state index in [0.717, 1.165) is 23.0 Å². The number of halogens is 1. The second kappa shape index (κ2) is 5.09. The molecule has 0 saturated heterocycles. The van der Waals surface area contributed by atoms with Crippen molar-refractivity contribution in [2.45, 2.75) is 13.5 Å². The van der Waals surface area contributed by atoms with Crippen molar-refractivity contribution in [2.75, 3.05) is 0 Å². The third-order valence-corrected chi connectivity index (χ3v) is 4.25. The van der Waals surface area contributed by atoms with Gasteiger partial charge in [0.1, 0.15) is 5.82 Å². The van der Waals surface area contributed by atoms with Crippen LogP contribution in [0.3, 0.4) is 0 Å². The molecule has 2 aromatic heterocycles. The number of benzene rings is 2. The van der Waals surface area contributed by atoms with Gasteiger partial charge in [0.25, 0.3) is 0 Å². The molecule has 114 valence electrons. The Bertz CT molecular complexity index is 1090. The van der Waals surface area contributed by atoms with E-state index in [1.807, 2.05) is 24.4 Å². The molecular weight excluding hydrogens is 291 g/mol. The molecule has 0 amide bonds. The Morgan fingerprint density at radius 2 is 1.96 bits per heavy atom. The fourth-order valence-electron chi connectivity index (χ4n) is 3.13. The van der Waals surface area contributed by atoms with Crippen LogP contribution in [0.25, 0.3) is 33.1 Å². The number of hydrogen-bond acceptors (Lipinski definition) is 1. The van der Waals surface area contributed by atoms with E-state index in [1.165, 1.54) is 12.1 Å². The number of pyridine rings is 1. The molecule has 0 bridgehead atoms. The van der Waals surface area contributed by atoms with Crippen LogP contribution in [0.4, 0.5) is 4.39 Å². The molecule has 0 saturated carbocycles. The third kappa shape index (κ3) is 2.06. The van der Waals surface area contributed by atoms with Crippen LogP contribution >= 0.6 is 0 Å². The minimum atomic E-state index is -0.347. The van der Waals surface area contributed by atoms with Gasteiger partial charge in [-0.1, -0.05) is 12.1 Å². The number of aromatic nitrogens is 2. The molecule has 0 aliphatic heterocycles. The van der Waals surface area contributed by atoms with Gasteiger partial charge >= 0.3 is 0 Å². The normalized spacial score (nSPS) is 11.4. The minimum absolute atomic E-state index is 0.101. The van der Waals surface area contributed by atoms with Gasteiger partial charge in [0.2, 0.25) is 0 Å². The zero-order chi connectivity index (χ0) is 16.0. The highest BCUT2D eigenvalue weighted by atomic mass is 19.1. The number of rotatable bonds is 2. The van der Waals surface area contributed by atoms with Crippen LogP contribution in [0.2, 0.25) is 0 Å². The molecule has 0 aliphatic rings. The van der Waals surface area contributed by atoms with E-state index in [0.29, 0.717) is 16.6 Å². The van der Waals surface area contributed by atoms with Crippen LogP contribution in [-0.2, 0) is 6.54 Å². The molecule has 0 atom stereocenters. The van der Waals surface area contributed by atoms with E-state index in [1.54, 1.807) is 18.2 Å². The third-order valence-electron chi connectivity index (χ3n) is 4.25. The standard InChI is InChI=1S/C19H15FN2O/c1-2-22-10-9-13-17(22)8-7-15-19(13)18(23)11-16(21-15)12-5-3-4-6-14(12)20/h3-11H,2H2,1H3,(H,21,23). The fraction of sp³-hybridized carbons (Fsp3) is 0.105. The van der Waals surface area contributed by atoms with Crippen LogP contribution < -0.4 is 5.43 Å². The Balaban J connectivity index is 2.05. The maximum Gasteiger partial charge on any atom is 0.190 e. The van der Waals surface area contributed by atoms with Gasteiger partial charge < -0.3 is 9.55 Å². The van der Waals surface area contributed by atoms with Gasteiger partial charge in [-0.25, -0.2) is 4.39 Å². The lowest BCUT2D eigenvalue weighted by Crippen LogP contribution is -2.04. The molecule has 4 heteroatoms. The molecule has 2 heterocycles. The number of H-pyrrole nitrogens is 1. The Morgan fingerprint density at radius 3 is 2.74 bits per heavy atom. The number of fused-ring (bicyclic) bond motifs is 3. The van der Waals surface area contributed by atoms with Crippen molar-refractivity contribution in [2.24, 2.45) is 0 Å². The number of aryl methyl sites for hydroxylation is 1. The monoisotopic (exact) mass is 306 g/mol. The predicted molar refractivity (Wildman–Crippen MR) is 91.1 cm³/mol. The zero-order valence-corrected chi connectivity index (χ0v) is 12.6. The Hall–Kier alpha value is -2.88. The smallest absolute Gasteiger partial charge is 0.190 e. The van der Waals surface area contributed by atoms with E-state index in [-0.39, 0.29) is 11.2 Å². The average Bonchev–Trinajstić information content (AvgIpc) is 2.98. The van der Waals surface area contributed by atoms with Gasteiger partial charge in [-0.2, -0.15) is 0 Å². The summed E-state index contributed by atoms with van der Waals surface area (Å²) < 4.78 is 16.1. The molecule has 4 rings (SSSR count). The summed E-state index contributed by atoms with van der Waals surface area (Å²) in [5.41, 5.74) is 2.55. The lowest BCUT2D eigenvalue weighted by Gasteiger charge is -2.07. The summed E-state index contributed by atoms with van der Waals surface area (Å²) in [6.45, 7) is 2.91. The second-order valence-electron chi connectivity index (χ2n) is 5.55. The summed E-state index contributed by atoms with van der Waals surface area (Å²) in [6, 6.07) is 13.8. The van der Waals surface area contributed by atoms with Crippen molar-refractivity contribution in [3.05, 3.63) is 70.8 Å². The summed E-state index contributed by atoms with van der Waals surface area (Å²) >= 11 is 0. The molecule has 3 nitrogen and oxygen atoms in total. The molecule has 2 aromatic carbocycles. The Labute approximate surface area is 132 Å². The van der Waals surface area contributed by atoms with Crippen LogP contribution in [-0.4, -0.2) is 9.55 Å². The second-order valence-corrected chi connectivity index (χ2v) is 5.55. The molecule has 0 radical (unpaired) electrons. The highest BCUT2D eigenvalue weighted by Gasteiger charge is 2.11. The highest BCUT2D eigenvalue weighted by molar-refractivity contribution is 6.05. The topological polar surface area (TPSA) is 37.8 Å². The first-order chi connectivity index (χ1) is 11.2. The van der Waals surface area contributed by atoms with Crippen LogP contribution in [0.5, 0.6) is 0 Å². The quantitative estimate of drug-likeness (QED) is 0.589. The van der Waals surface area contributed by atoms with E-state index in [4.69, 9.17) is 0 Å². The van der Waals surface area contributed by atoms with Gasteiger partial charge in [0.15, 0.2) is 5.43 Å². The summed E-state index contributed by atoms with van der Waals surface area (Å²) in [5, 5.41) is 1.57. The molecule has 0 unspecified atom stereocenters. The Kier molecular flexibility index (Phi) is 3.05. The molecule has 1 N–H and O–H groups in total. The Morgan fingerprint density at radius 1 is 1.13 bits per heavy atom. The summed E-state index contributed by atoms with van der Waals surface area (Å²) in [4.78, 5) is 15.8. The van der Waals surface area contributed by atoms with Crippen LogP contribution in [0, 0.1) is 5.82 Å². The summed E-state index contributed by atoms with van der Waals surface area (Å²) in [6.07, 6.45) is 1.98. The average molecular weight is 306 g/mol. The molecule has 23 heavy (non-hydrogen) atoms. The summed E-state index contributed by atoms with van der Waals surface area (Å²) in [7, 11) is 0. The summed E-state index contributed by atoms with van der Waals surface area (Å²) in [5.74, 6) is -0.347. The van der Waals surface area contributed by atoms with Crippen molar-refractivity contribution >= 4 is 21.8 Å². The molecule has 4 aromatic rings. The van der Waals surface area contributed by atoms with Gasteiger partial charge in [-0.15, -0.1) is 0 Å². The van der Waals surface area contributed by atoms with Crippen molar-refractivity contribution in [3.63, 3.8) is 0 Å². The predicted octanol–water partition coefficient (Wildman–Crippen LogP) is 4.31. The minimum Gasteiger partial charge on any atom is -0.354 e. The van der Waals surface area contributed by atoms with Crippen LogP contribution in [0.1, 0.15) is 6.92 Å². The lowest BCUT2D eigenvalue weighted by atomic mass is 10.1. The van der Waals surface area contributed by atoms with Crippen molar-refractivity contribution in [1.82, 2.24) is 9.55 Å². The van der Waals surface area contributed by atoms with Crippen molar-refractivity contribution < 1.29 is 4.39 Å². The first-order valence-electron chi connectivity index (χ1n) is 7.59. The number of hydrogen-bond donors (Lipinski definition) is 1. The largest absolute Gasteiger partial charge is 0.354 e. The van der Waals surface area contributed by atoms with Gasteiger partial charge in [0, 0.05) is 35.3 Å². The molecule has 0 aliphatic carbocycles. The zero-order valence-electron chi connectivity index (χ0n) is 12.6. The van der Waals surface area contributed by atoms with Crippen molar-refractivity contribution in [3.8, 4) is 11.3 Å². The number of nitrogens with zero attached hydrogens (tertiary/aromatic N) is 1. The molecule has 0 fully saturated rings. The maximum atomic E-state index is 14.0. The molecular formula is C19H15FN2O. The number of nitrogens with one attached hydrogen (secondary N) is 1. The fourth-order valence-corrected chi connectivity index (χ4v) is 3.13. The van der Waals surface area contributed by atoms with Gasteiger partial charge in [-0.05, 0) is 37.3 Å². The van der Waals surface area contributed by atoms with E-state index in [9.17, 15) is 9.18 Å². The van der Waals surface area contributed by atoms with Crippen LogP contribution in [0.15, 0.2) is 59.5 Å².